The van der Waals surface area contributed by atoms with E-state index in [4.69, 9.17) is 0 Å². The van der Waals surface area contributed by atoms with Gasteiger partial charge in [0, 0.05) is 13.1 Å². The number of methoxy groups -OCH3 is 2. The van der Waals surface area contributed by atoms with E-state index in [1.54, 1.807) is 0 Å². The monoisotopic (exact) mass is 351 g/mol. The van der Waals surface area contributed by atoms with Crippen molar-refractivity contribution in [3.63, 3.8) is 0 Å². The number of likely N-dealkylation sites (N-methyl/N-ethyl adjacent to an activating group) is 1. The molecule has 0 aliphatic rings. The lowest BCUT2D eigenvalue weighted by molar-refractivity contribution is -0.136. The minimum atomic E-state index is -0.967. The molecule has 0 aliphatic heterocycles. The molecule has 1 aromatic rings. The molecule has 0 aliphatic carbocycles. The van der Waals surface area contributed by atoms with Crippen LogP contribution in [0.2, 0.25) is 0 Å². The van der Waals surface area contributed by atoms with E-state index in [1.807, 2.05) is 19.0 Å². The number of benzene rings is 1. The first-order valence-electron chi connectivity index (χ1n) is 7.34. The lowest BCUT2D eigenvalue weighted by atomic mass is 10.1. The van der Waals surface area contributed by atoms with Crippen molar-refractivity contribution in [3.05, 3.63) is 29.3 Å². The number of nitrogens with one attached hydrogen (secondary N) is 2. The van der Waals surface area contributed by atoms with Gasteiger partial charge in [0.25, 0.3) is 0 Å². The molecule has 25 heavy (non-hydrogen) atoms. The summed E-state index contributed by atoms with van der Waals surface area (Å²) in [6, 6.07) is 3.89. The Bertz CT molecular complexity index is 672. The number of amides is 2. The van der Waals surface area contributed by atoms with Crippen LogP contribution in [0.1, 0.15) is 20.7 Å². The van der Waals surface area contributed by atoms with Gasteiger partial charge in [0.15, 0.2) is 0 Å². The number of carbonyl (C=O) groups excluding carboxylic acids is 4. The molecular formula is C16H21N3O6. The summed E-state index contributed by atoms with van der Waals surface area (Å²) in [5.41, 5.74) is 0.0885. The minimum Gasteiger partial charge on any atom is -0.465 e. The van der Waals surface area contributed by atoms with Crippen molar-refractivity contribution in [2.75, 3.05) is 46.7 Å². The Hall–Kier alpha value is -2.94. The third-order valence-electron chi connectivity index (χ3n) is 3.14. The number of hydrogen-bond donors (Lipinski definition) is 2. The molecule has 0 aromatic heterocycles. The first-order valence-corrected chi connectivity index (χ1v) is 7.34. The van der Waals surface area contributed by atoms with Gasteiger partial charge in [-0.25, -0.2) is 9.59 Å². The van der Waals surface area contributed by atoms with Crippen LogP contribution in [0, 0.1) is 0 Å². The van der Waals surface area contributed by atoms with Crippen LogP contribution in [-0.4, -0.2) is 70.1 Å². The maximum absolute atomic E-state index is 12.0. The van der Waals surface area contributed by atoms with Gasteiger partial charge in [-0.1, -0.05) is 0 Å². The van der Waals surface area contributed by atoms with E-state index in [-0.39, 0.29) is 23.4 Å². The smallest absolute Gasteiger partial charge is 0.339 e. The Morgan fingerprint density at radius 1 is 1.00 bits per heavy atom. The fourth-order valence-corrected chi connectivity index (χ4v) is 1.83. The number of nitrogens with zero attached hydrogens (tertiary/aromatic N) is 1. The molecule has 0 fully saturated rings. The normalized spacial score (nSPS) is 10.1. The molecule has 0 atom stereocenters. The second-order valence-corrected chi connectivity index (χ2v) is 5.26. The molecule has 2 N–H and O–H groups in total. The second-order valence-electron chi connectivity index (χ2n) is 5.26. The molecule has 0 saturated carbocycles. The number of carbonyl (C=O) groups is 4. The van der Waals surface area contributed by atoms with Crippen molar-refractivity contribution < 1.29 is 28.7 Å². The Kier molecular flexibility index (Phi) is 7.54. The summed E-state index contributed by atoms with van der Waals surface area (Å²) in [6.07, 6.45) is 0. The van der Waals surface area contributed by atoms with Crippen molar-refractivity contribution >= 4 is 29.4 Å². The first kappa shape index (κ1) is 20.1. The predicted octanol–water partition coefficient (Wildman–Crippen LogP) is -0.124. The highest BCUT2D eigenvalue weighted by Crippen LogP contribution is 2.19. The van der Waals surface area contributed by atoms with Gasteiger partial charge in [-0.15, -0.1) is 0 Å². The summed E-state index contributed by atoms with van der Waals surface area (Å²) >= 11 is 0. The summed E-state index contributed by atoms with van der Waals surface area (Å²) in [4.78, 5) is 49.0. The van der Waals surface area contributed by atoms with E-state index in [1.165, 1.54) is 32.4 Å². The van der Waals surface area contributed by atoms with Crippen LogP contribution in [-0.2, 0) is 19.1 Å². The zero-order valence-electron chi connectivity index (χ0n) is 14.5. The molecule has 0 spiro atoms. The molecule has 0 radical (unpaired) electrons. The highest BCUT2D eigenvalue weighted by atomic mass is 16.5. The lowest BCUT2D eigenvalue weighted by Gasteiger charge is -2.12. The van der Waals surface area contributed by atoms with Gasteiger partial charge in [-0.2, -0.15) is 0 Å². The number of anilines is 1. The van der Waals surface area contributed by atoms with Crippen molar-refractivity contribution in [2.24, 2.45) is 0 Å². The van der Waals surface area contributed by atoms with Crippen molar-refractivity contribution in [1.29, 1.82) is 0 Å². The van der Waals surface area contributed by atoms with E-state index in [9.17, 15) is 19.2 Å². The van der Waals surface area contributed by atoms with Gasteiger partial charge in [-0.05, 0) is 32.3 Å². The van der Waals surface area contributed by atoms with E-state index in [0.717, 1.165) is 0 Å². The number of hydrogen-bond acceptors (Lipinski definition) is 7. The molecular weight excluding hydrogens is 330 g/mol. The van der Waals surface area contributed by atoms with Crippen molar-refractivity contribution in [2.45, 2.75) is 0 Å². The number of esters is 2. The molecule has 1 rings (SSSR count). The lowest BCUT2D eigenvalue weighted by Crippen LogP contribution is -2.39. The summed E-state index contributed by atoms with van der Waals surface area (Å²) in [5.74, 6) is -3.20. The molecule has 2 amide bonds. The zero-order chi connectivity index (χ0) is 19.0. The Morgan fingerprint density at radius 2 is 1.64 bits per heavy atom. The third-order valence-corrected chi connectivity index (χ3v) is 3.14. The highest BCUT2D eigenvalue weighted by Gasteiger charge is 2.20. The molecule has 0 unspecified atom stereocenters. The standard InChI is InChI=1S/C16H21N3O6/c1-19(2)8-7-17-13(20)14(21)18-12-9-10(15(22)24-3)5-6-11(12)16(23)25-4/h5-6,9H,7-8H2,1-4H3,(H,17,20)(H,18,21). The van der Waals surface area contributed by atoms with E-state index >= 15 is 0 Å². The average Bonchev–Trinajstić information content (AvgIpc) is 2.59. The Morgan fingerprint density at radius 3 is 2.20 bits per heavy atom. The van der Waals surface area contributed by atoms with Gasteiger partial charge in [0.05, 0.1) is 31.0 Å². The Labute approximate surface area is 145 Å². The van der Waals surface area contributed by atoms with Gasteiger partial charge < -0.3 is 25.0 Å². The summed E-state index contributed by atoms with van der Waals surface area (Å²) in [7, 11) is 6.03. The predicted molar refractivity (Wildman–Crippen MR) is 89.3 cm³/mol. The van der Waals surface area contributed by atoms with Crippen molar-refractivity contribution in [3.8, 4) is 0 Å². The minimum absolute atomic E-state index is 0.00425. The summed E-state index contributed by atoms with van der Waals surface area (Å²) < 4.78 is 9.22. The van der Waals surface area contributed by atoms with Gasteiger partial charge >= 0.3 is 23.8 Å². The summed E-state index contributed by atoms with van der Waals surface area (Å²) in [5, 5.41) is 4.75. The van der Waals surface area contributed by atoms with Gasteiger partial charge in [0.1, 0.15) is 0 Å². The first-order chi connectivity index (χ1) is 11.8. The van der Waals surface area contributed by atoms with Crippen LogP contribution < -0.4 is 10.6 Å². The van der Waals surface area contributed by atoms with E-state index in [0.29, 0.717) is 6.54 Å². The van der Waals surface area contributed by atoms with Crippen LogP contribution in [0.25, 0.3) is 0 Å². The molecule has 0 heterocycles. The SMILES string of the molecule is COC(=O)c1ccc(C(=O)OC)c(NC(=O)C(=O)NCCN(C)C)c1. The molecule has 1 aromatic carbocycles. The molecule has 9 heteroatoms. The maximum Gasteiger partial charge on any atom is 0.339 e. The fraction of sp³-hybridized carbons (Fsp3) is 0.375. The van der Waals surface area contributed by atoms with E-state index in [2.05, 4.69) is 20.1 Å². The molecule has 9 nitrogen and oxygen atoms in total. The quantitative estimate of drug-likeness (QED) is 0.542. The molecule has 0 saturated heterocycles. The topological polar surface area (TPSA) is 114 Å². The van der Waals surface area contributed by atoms with Crippen LogP contribution >= 0.6 is 0 Å². The van der Waals surface area contributed by atoms with Crippen LogP contribution in [0.4, 0.5) is 5.69 Å². The van der Waals surface area contributed by atoms with Crippen LogP contribution in [0.15, 0.2) is 18.2 Å². The van der Waals surface area contributed by atoms with E-state index < -0.39 is 23.8 Å². The van der Waals surface area contributed by atoms with Crippen LogP contribution in [0.5, 0.6) is 0 Å². The largest absolute Gasteiger partial charge is 0.465 e. The average molecular weight is 351 g/mol. The highest BCUT2D eigenvalue weighted by molar-refractivity contribution is 6.40. The fourth-order valence-electron chi connectivity index (χ4n) is 1.83. The molecule has 0 bridgehead atoms. The number of rotatable bonds is 6. The zero-order valence-corrected chi connectivity index (χ0v) is 14.5. The van der Waals surface area contributed by atoms with Crippen molar-refractivity contribution in [1.82, 2.24) is 10.2 Å². The van der Waals surface area contributed by atoms with Gasteiger partial charge in [0.2, 0.25) is 0 Å². The molecule has 136 valence electrons. The summed E-state index contributed by atoms with van der Waals surface area (Å²) in [6.45, 7) is 0.843. The maximum atomic E-state index is 12.0. The second kappa shape index (κ2) is 9.38. The third kappa shape index (κ3) is 5.88. The number of ether oxygens (including phenoxy) is 2. The Balaban J connectivity index is 2.96. The van der Waals surface area contributed by atoms with Crippen LogP contribution in [0.3, 0.4) is 0 Å². The van der Waals surface area contributed by atoms with Gasteiger partial charge in [-0.3, -0.25) is 9.59 Å².